The van der Waals surface area contributed by atoms with Gasteiger partial charge in [-0.2, -0.15) is 5.26 Å². The van der Waals surface area contributed by atoms with Crippen molar-refractivity contribution in [3.8, 4) is 17.3 Å². The topological polar surface area (TPSA) is 48.7 Å². The number of hydrogen-bond acceptors (Lipinski definition) is 3. The van der Waals surface area contributed by atoms with E-state index in [-0.39, 0.29) is 0 Å². The van der Waals surface area contributed by atoms with Gasteiger partial charge in [-0.1, -0.05) is 12.1 Å². The van der Waals surface area contributed by atoms with E-state index in [2.05, 4.69) is 34.6 Å². The number of nitriles is 1. The largest absolute Gasteiger partial charge is 0.372 e. The molecule has 1 N–H and O–H groups in total. The number of rotatable bonds is 2. The van der Waals surface area contributed by atoms with E-state index in [1.165, 1.54) is 24.0 Å². The molecule has 0 aliphatic heterocycles. The smallest absolute Gasteiger partial charge is 0.144 e. The fourth-order valence-corrected chi connectivity index (χ4v) is 2.90. The predicted octanol–water partition coefficient (Wildman–Crippen LogP) is 3.46. The van der Waals surface area contributed by atoms with Crippen LogP contribution in [0.2, 0.25) is 0 Å². The van der Waals surface area contributed by atoms with E-state index in [9.17, 15) is 0 Å². The molecule has 100 valence electrons. The van der Waals surface area contributed by atoms with Gasteiger partial charge in [-0.05, 0) is 55.0 Å². The van der Waals surface area contributed by atoms with Crippen molar-refractivity contribution in [1.82, 2.24) is 4.98 Å². The molecule has 0 unspecified atom stereocenters. The first kappa shape index (κ1) is 12.7. The maximum Gasteiger partial charge on any atom is 0.144 e. The number of aromatic nitrogens is 1. The lowest BCUT2D eigenvalue weighted by Crippen LogP contribution is -2.00. The van der Waals surface area contributed by atoms with E-state index in [0.717, 1.165) is 23.2 Å². The van der Waals surface area contributed by atoms with Crippen molar-refractivity contribution in [2.24, 2.45) is 0 Å². The third-order valence-electron chi connectivity index (χ3n) is 3.94. The predicted molar refractivity (Wildman–Crippen MR) is 80.7 cm³/mol. The highest BCUT2D eigenvalue weighted by atomic mass is 15.0. The summed E-state index contributed by atoms with van der Waals surface area (Å²) in [6.45, 7) is 2.01. The zero-order chi connectivity index (χ0) is 14.1. The van der Waals surface area contributed by atoms with E-state index in [0.29, 0.717) is 11.4 Å². The van der Waals surface area contributed by atoms with Gasteiger partial charge >= 0.3 is 0 Å². The Balaban J connectivity index is 2.13. The number of nitrogens with one attached hydrogen (secondary N) is 1. The third kappa shape index (κ3) is 2.04. The SMILES string of the molecule is CNc1nc(-c2ccc3c(c2)CCC3)c(C)cc1C#N. The number of anilines is 1. The Hall–Kier alpha value is -2.34. The van der Waals surface area contributed by atoms with Gasteiger partial charge in [-0.15, -0.1) is 0 Å². The lowest BCUT2D eigenvalue weighted by molar-refractivity contribution is 0.912. The molecule has 0 saturated heterocycles. The number of benzene rings is 1. The normalized spacial score (nSPS) is 12.8. The second kappa shape index (κ2) is 4.97. The van der Waals surface area contributed by atoms with Gasteiger partial charge in [0.15, 0.2) is 0 Å². The zero-order valence-electron chi connectivity index (χ0n) is 11.8. The maximum atomic E-state index is 9.13. The van der Waals surface area contributed by atoms with Crippen LogP contribution in [0.3, 0.4) is 0 Å². The summed E-state index contributed by atoms with van der Waals surface area (Å²) in [7, 11) is 1.80. The summed E-state index contributed by atoms with van der Waals surface area (Å²) < 4.78 is 0. The first-order valence-electron chi connectivity index (χ1n) is 6.94. The summed E-state index contributed by atoms with van der Waals surface area (Å²) in [4.78, 5) is 4.62. The fourth-order valence-electron chi connectivity index (χ4n) is 2.90. The average molecular weight is 263 g/mol. The van der Waals surface area contributed by atoms with Crippen molar-refractivity contribution in [1.29, 1.82) is 5.26 Å². The van der Waals surface area contributed by atoms with Crippen LogP contribution in [0.15, 0.2) is 24.3 Å². The maximum absolute atomic E-state index is 9.13. The molecule has 3 rings (SSSR count). The molecule has 1 aromatic carbocycles. The fraction of sp³-hybridized carbons (Fsp3) is 0.294. The summed E-state index contributed by atoms with van der Waals surface area (Å²) in [5.74, 6) is 0.647. The lowest BCUT2D eigenvalue weighted by Gasteiger charge is -2.11. The third-order valence-corrected chi connectivity index (χ3v) is 3.94. The lowest BCUT2D eigenvalue weighted by atomic mass is 10.0. The summed E-state index contributed by atoms with van der Waals surface area (Å²) in [6, 6.07) is 10.7. The molecule has 3 heteroatoms. The summed E-state index contributed by atoms with van der Waals surface area (Å²) in [6.07, 6.45) is 3.61. The van der Waals surface area contributed by atoms with Crippen LogP contribution in [0.4, 0.5) is 5.82 Å². The Bertz CT molecular complexity index is 711. The number of nitrogens with zero attached hydrogens (tertiary/aromatic N) is 2. The second-order valence-corrected chi connectivity index (χ2v) is 5.25. The standard InChI is InChI=1S/C17H17N3/c1-11-8-15(10-18)17(19-2)20-16(11)14-7-6-12-4-3-5-13(12)9-14/h6-9H,3-5H2,1-2H3,(H,19,20). The van der Waals surface area contributed by atoms with Gasteiger partial charge in [0.1, 0.15) is 11.9 Å². The molecule has 0 bridgehead atoms. The van der Waals surface area contributed by atoms with E-state index in [1.54, 1.807) is 7.05 Å². The van der Waals surface area contributed by atoms with Crippen molar-refractivity contribution in [3.05, 3.63) is 46.5 Å². The van der Waals surface area contributed by atoms with E-state index in [4.69, 9.17) is 5.26 Å². The van der Waals surface area contributed by atoms with Crippen LogP contribution < -0.4 is 5.32 Å². The van der Waals surface area contributed by atoms with Gasteiger partial charge in [-0.3, -0.25) is 0 Å². The molecule has 1 aliphatic carbocycles. The minimum Gasteiger partial charge on any atom is -0.372 e. The quantitative estimate of drug-likeness (QED) is 0.902. The zero-order valence-corrected chi connectivity index (χ0v) is 11.8. The first-order chi connectivity index (χ1) is 9.72. The highest BCUT2D eigenvalue weighted by Crippen LogP contribution is 2.30. The Kier molecular flexibility index (Phi) is 3.15. The van der Waals surface area contributed by atoms with Crippen molar-refractivity contribution >= 4 is 5.82 Å². The van der Waals surface area contributed by atoms with Crippen molar-refractivity contribution in [2.75, 3.05) is 12.4 Å². The van der Waals surface area contributed by atoms with Crippen LogP contribution in [0.5, 0.6) is 0 Å². The Morgan fingerprint density at radius 2 is 2.00 bits per heavy atom. The van der Waals surface area contributed by atoms with Gasteiger partial charge in [0.05, 0.1) is 11.3 Å². The average Bonchev–Trinajstić information content (AvgIpc) is 2.94. The Morgan fingerprint density at radius 3 is 2.75 bits per heavy atom. The molecule has 0 amide bonds. The van der Waals surface area contributed by atoms with E-state index in [1.807, 2.05) is 13.0 Å². The molecule has 0 radical (unpaired) electrons. The molecule has 2 aromatic rings. The van der Waals surface area contributed by atoms with Crippen LogP contribution in [-0.2, 0) is 12.8 Å². The Labute approximate surface area is 119 Å². The molecule has 1 aromatic heterocycles. The van der Waals surface area contributed by atoms with Gasteiger partial charge in [0, 0.05) is 12.6 Å². The molecule has 1 aliphatic rings. The van der Waals surface area contributed by atoms with E-state index < -0.39 is 0 Å². The highest BCUT2D eigenvalue weighted by molar-refractivity contribution is 5.69. The van der Waals surface area contributed by atoms with Crippen molar-refractivity contribution in [2.45, 2.75) is 26.2 Å². The minimum atomic E-state index is 0.593. The Morgan fingerprint density at radius 1 is 1.20 bits per heavy atom. The summed E-state index contributed by atoms with van der Waals surface area (Å²) in [5, 5.41) is 12.1. The van der Waals surface area contributed by atoms with Crippen LogP contribution in [0.1, 0.15) is 28.7 Å². The molecule has 0 spiro atoms. The van der Waals surface area contributed by atoms with Crippen LogP contribution in [-0.4, -0.2) is 12.0 Å². The molecule has 0 atom stereocenters. The van der Waals surface area contributed by atoms with Gasteiger partial charge in [0.25, 0.3) is 0 Å². The number of aryl methyl sites for hydroxylation is 3. The molecule has 0 saturated carbocycles. The van der Waals surface area contributed by atoms with Gasteiger partial charge in [-0.25, -0.2) is 4.98 Å². The number of pyridine rings is 1. The first-order valence-corrected chi connectivity index (χ1v) is 6.94. The van der Waals surface area contributed by atoms with Crippen LogP contribution in [0.25, 0.3) is 11.3 Å². The molecule has 1 heterocycles. The monoisotopic (exact) mass is 263 g/mol. The minimum absolute atomic E-state index is 0.593. The number of hydrogen-bond donors (Lipinski definition) is 1. The second-order valence-electron chi connectivity index (χ2n) is 5.25. The summed E-state index contributed by atoms with van der Waals surface area (Å²) >= 11 is 0. The van der Waals surface area contributed by atoms with Crippen LogP contribution >= 0.6 is 0 Å². The van der Waals surface area contributed by atoms with Crippen LogP contribution in [0, 0.1) is 18.3 Å². The van der Waals surface area contributed by atoms with Crippen molar-refractivity contribution in [3.63, 3.8) is 0 Å². The van der Waals surface area contributed by atoms with Gasteiger partial charge in [0.2, 0.25) is 0 Å². The molecular weight excluding hydrogens is 246 g/mol. The number of fused-ring (bicyclic) bond motifs is 1. The highest BCUT2D eigenvalue weighted by Gasteiger charge is 2.14. The van der Waals surface area contributed by atoms with Crippen molar-refractivity contribution < 1.29 is 0 Å². The van der Waals surface area contributed by atoms with Gasteiger partial charge < -0.3 is 5.32 Å². The molecule has 0 fully saturated rings. The molecule has 20 heavy (non-hydrogen) atoms. The van der Waals surface area contributed by atoms with E-state index >= 15 is 0 Å². The summed E-state index contributed by atoms with van der Waals surface area (Å²) in [5.41, 5.74) is 6.65. The molecular formula is C17H17N3. The molecule has 3 nitrogen and oxygen atoms in total.